The van der Waals surface area contributed by atoms with Crippen LogP contribution < -0.4 is 10.6 Å². The highest BCUT2D eigenvalue weighted by molar-refractivity contribution is 6.05. The molecule has 1 aliphatic heterocycles. The minimum Gasteiger partial charge on any atom is -0.378 e. The van der Waals surface area contributed by atoms with Gasteiger partial charge in [0.25, 0.3) is 5.91 Å². The van der Waals surface area contributed by atoms with Crippen LogP contribution in [0.1, 0.15) is 35.7 Å². The first-order valence-corrected chi connectivity index (χ1v) is 8.31. The lowest BCUT2D eigenvalue weighted by atomic mass is 10.1. The second-order valence-corrected chi connectivity index (χ2v) is 6.05. The van der Waals surface area contributed by atoms with Crippen molar-refractivity contribution >= 4 is 17.3 Å². The Bertz CT molecular complexity index is 794. The summed E-state index contributed by atoms with van der Waals surface area (Å²) in [6, 6.07) is 10.6. The predicted molar refractivity (Wildman–Crippen MR) is 95.4 cm³/mol. The Morgan fingerprint density at radius 2 is 2.28 bits per heavy atom. The van der Waals surface area contributed by atoms with Crippen LogP contribution in [0.5, 0.6) is 0 Å². The number of aromatic nitrogens is 1. The zero-order valence-electron chi connectivity index (χ0n) is 14.0. The number of anilines is 2. The molecule has 128 valence electrons. The van der Waals surface area contributed by atoms with Gasteiger partial charge in [0.2, 0.25) is 0 Å². The van der Waals surface area contributed by atoms with Crippen molar-refractivity contribution in [1.82, 2.24) is 4.98 Å². The van der Waals surface area contributed by atoms with E-state index in [0.717, 1.165) is 25.1 Å². The van der Waals surface area contributed by atoms with Gasteiger partial charge in [-0.1, -0.05) is 6.07 Å². The molecule has 3 rings (SSSR count). The molecule has 1 aromatic carbocycles. The Hall–Kier alpha value is -2.91. The van der Waals surface area contributed by atoms with Crippen LogP contribution in [-0.2, 0) is 4.74 Å². The van der Waals surface area contributed by atoms with Crippen LogP contribution in [0.25, 0.3) is 0 Å². The Morgan fingerprint density at radius 3 is 3.04 bits per heavy atom. The highest BCUT2D eigenvalue weighted by Crippen LogP contribution is 2.24. The molecule has 1 saturated heterocycles. The summed E-state index contributed by atoms with van der Waals surface area (Å²) < 4.78 is 5.71. The fourth-order valence-corrected chi connectivity index (χ4v) is 2.88. The normalized spacial score (nSPS) is 17.5. The molecule has 25 heavy (non-hydrogen) atoms. The van der Waals surface area contributed by atoms with Crippen LogP contribution in [0.2, 0.25) is 0 Å². The molecule has 1 amide bonds. The van der Waals surface area contributed by atoms with Crippen LogP contribution in [0.4, 0.5) is 11.4 Å². The Kier molecular flexibility index (Phi) is 5.26. The zero-order valence-corrected chi connectivity index (χ0v) is 14.0. The molecule has 0 aliphatic carbocycles. The molecular weight excluding hydrogens is 316 g/mol. The third kappa shape index (κ3) is 4.14. The summed E-state index contributed by atoms with van der Waals surface area (Å²) in [6.45, 7) is 2.87. The van der Waals surface area contributed by atoms with Gasteiger partial charge in [0.1, 0.15) is 0 Å². The minimum absolute atomic E-state index is 0.127. The first-order chi connectivity index (χ1) is 12.2. The standard InChI is InChI=1S/C19H20N4O2/c1-13(18-6-3-9-25-18)22-16-7-8-21-12-17(16)23-19(24)15-5-2-4-14(10-15)11-20/h2,4-5,7-8,10,12-13,18H,3,6,9H2,1H3,(H,21,22)(H,23,24)/t13-,18+/m1/s1. The fourth-order valence-electron chi connectivity index (χ4n) is 2.88. The van der Waals surface area contributed by atoms with Crippen molar-refractivity contribution in [2.24, 2.45) is 0 Å². The van der Waals surface area contributed by atoms with Crippen molar-refractivity contribution in [3.63, 3.8) is 0 Å². The summed E-state index contributed by atoms with van der Waals surface area (Å²) >= 11 is 0. The summed E-state index contributed by atoms with van der Waals surface area (Å²) in [5.41, 5.74) is 2.27. The zero-order chi connectivity index (χ0) is 17.6. The highest BCUT2D eigenvalue weighted by Gasteiger charge is 2.23. The highest BCUT2D eigenvalue weighted by atomic mass is 16.5. The Morgan fingerprint density at radius 1 is 1.40 bits per heavy atom. The van der Waals surface area contributed by atoms with Gasteiger partial charge in [0.05, 0.1) is 35.3 Å². The average molecular weight is 336 g/mol. The number of nitriles is 1. The lowest BCUT2D eigenvalue weighted by Crippen LogP contribution is -2.30. The summed E-state index contributed by atoms with van der Waals surface area (Å²) in [6.07, 6.45) is 5.56. The van der Waals surface area contributed by atoms with Gasteiger partial charge in [-0.25, -0.2) is 0 Å². The van der Waals surface area contributed by atoms with Crippen LogP contribution in [0, 0.1) is 11.3 Å². The molecule has 0 bridgehead atoms. The van der Waals surface area contributed by atoms with Gasteiger partial charge in [-0.2, -0.15) is 5.26 Å². The first-order valence-electron chi connectivity index (χ1n) is 8.31. The van der Waals surface area contributed by atoms with Gasteiger partial charge in [0.15, 0.2) is 0 Å². The maximum absolute atomic E-state index is 12.5. The van der Waals surface area contributed by atoms with Crippen molar-refractivity contribution in [3.05, 3.63) is 53.9 Å². The first kappa shape index (κ1) is 16.9. The van der Waals surface area contributed by atoms with Gasteiger partial charge in [-0.3, -0.25) is 9.78 Å². The minimum atomic E-state index is -0.280. The maximum atomic E-state index is 12.5. The van der Waals surface area contributed by atoms with E-state index >= 15 is 0 Å². The number of rotatable bonds is 5. The summed E-state index contributed by atoms with van der Waals surface area (Å²) in [7, 11) is 0. The van der Waals surface area contributed by atoms with E-state index in [0.29, 0.717) is 16.8 Å². The summed E-state index contributed by atoms with van der Waals surface area (Å²) in [5, 5.41) is 15.2. The number of amides is 1. The van der Waals surface area contributed by atoms with Crippen LogP contribution >= 0.6 is 0 Å². The summed E-state index contributed by atoms with van der Waals surface area (Å²) in [4.78, 5) is 16.6. The number of hydrogen-bond acceptors (Lipinski definition) is 5. The van der Waals surface area contributed by atoms with Crippen LogP contribution in [0.15, 0.2) is 42.7 Å². The van der Waals surface area contributed by atoms with E-state index < -0.39 is 0 Å². The molecule has 1 aromatic heterocycles. The molecule has 1 fully saturated rings. The smallest absolute Gasteiger partial charge is 0.255 e. The fraction of sp³-hybridized carbons (Fsp3) is 0.316. The maximum Gasteiger partial charge on any atom is 0.255 e. The van der Waals surface area contributed by atoms with E-state index in [1.54, 1.807) is 36.7 Å². The number of hydrogen-bond donors (Lipinski definition) is 2. The van der Waals surface area contributed by atoms with Gasteiger partial charge in [0, 0.05) is 24.4 Å². The van der Waals surface area contributed by atoms with Crippen molar-refractivity contribution in [2.75, 3.05) is 17.2 Å². The van der Waals surface area contributed by atoms with Gasteiger partial charge < -0.3 is 15.4 Å². The van der Waals surface area contributed by atoms with E-state index in [1.807, 2.05) is 12.1 Å². The quantitative estimate of drug-likeness (QED) is 0.875. The van der Waals surface area contributed by atoms with Crippen LogP contribution in [-0.4, -0.2) is 29.6 Å². The monoisotopic (exact) mass is 336 g/mol. The SMILES string of the molecule is C[C@@H](Nc1ccncc1NC(=O)c1cccc(C#N)c1)[C@@H]1CCCO1. The number of nitrogens with zero attached hydrogens (tertiary/aromatic N) is 2. The van der Waals surface area contributed by atoms with Crippen molar-refractivity contribution in [2.45, 2.75) is 31.9 Å². The number of pyridine rings is 1. The number of benzene rings is 1. The molecule has 0 unspecified atom stereocenters. The van der Waals surface area contributed by atoms with Crippen molar-refractivity contribution in [3.8, 4) is 6.07 Å². The topological polar surface area (TPSA) is 87.0 Å². The average Bonchev–Trinajstić information content (AvgIpc) is 3.18. The molecule has 2 N–H and O–H groups in total. The van der Waals surface area contributed by atoms with Gasteiger partial charge >= 0.3 is 0 Å². The van der Waals surface area contributed by atoms with Gasteiger partial charge in [-0.15, -0.1) is 0 Å². The van der Waals surface area contributed by atoms with E-state index in [9.17, 15) is 4.79 Å². The van der Waals surface area contributed by atoms with E-state index in [1.165, 1.54) is 0 Å². The molecule has 0 saturated carbocycles. The predicted octanol–water partition coefficient (Wildman–Crippen LogP) is 3.18. The molecular formula is C19H20N4O2. The second-order valence-electron chi connectivity index (χ2n) is 6.05. The third-order valence-corrected chi connectivity index (χ3v) is 4.23. The number of carbonyl (C=O) groups is 1. The Labute approximate surface area is 146 Å². The molecule has 2 heterocycles. The van der Waals surface area contributed by atoms with E-state index in [2.05, 4.69) is 22.5 Å². The lowest BCUT2D eigenvalue weighted by Gasteiger charge is -2.22. The van der Waals surface area contributed by atoms with Crippen LogP contribution in [0.3, 0.4) is 0 Å². The van der Waals surface area contributed by atoms with Crippen molar-refractivity contribution < 1.29 is 9.53 Å². The molecule has 1 aliphatic rings. The van der Waals surface area contributed by atoms with Gasteiger partial charge in [-0.05, 0) is 44.0 Å². The molecule has 0 spiro atoms. The largest absolute Gasteiger partial charge is 0.378 e. The second kappa shape index (κ2) is 7.77. The molecule has 6 heteroatoms. The molecule has 2 aromatic rings. The number of ether oxygens (including phenoxy) is 1. The number of carbonyl (C=O) groups excluding carboxylic acids is 1. The summed E-state index contributed by atoms with van der Waals surface area (Å²) in [5.74, 6) is -0.280. The van der Waals surface area contributed by atoms with E-state index in [4.69, 9.17) is 10.00 Å². The third-order valence-electron chi connectivity index (χ3n) is 4.23. The molecule has 2 atom stereocenters. The number of nitrogens with one attached hydrogen (secondary N) is 2. The Balaban J connectivity index is 1.74. The lowest BCUT2D eigenvalue weighted by molar-refractivity contribution is 0.0997. The van der Waals surface area contributed by atoms with E-state index in [-0.39, 0.29) is 18.1 Å². The van der Waals surface area contributed by atoms with Crippen molar-refractivity contribution in [1.29, 1.82) is 5.26 Å². The molecule has 6 nitrogen and oxygen atoms in total. The molecule has 0 radical (unpaired) electrons.